The fourth-order valence-corrected chi connectivity index (χ4v) is 4.73. The summed E-state index contributed by atoms with van der Waals surface area (Å²) in [5, 5.41) is 0. The Morgan fingerprint density at radius 2 is 2.17 bits per heavy atom. The number of aryl methyl sites for hydroxylation is 1. The number of nitrogens with zero attached hydrogens (tertiary/aromatic N) is 1. The average Bonchev–Trinajstić information content (AvgIpc) is 3.07. The van der Waals surface area contributed by atoms with Crippen LogP contribution < -0.4 is 9.47 Å². The highest BCUT2D eigenvalue weighted by Crippen LogP contribution is 2.40. The van der Waals surface area contributed by atoms with Crippen LogP contribution in [0.25, 0.3) is 10.4 Å². The maximum absolute atomic E-state index is 12.4. The number of hydrogen-bond acceptors (Lipinski definition) is 6. The molecule has 2 aromatic rings. The average molecular weight is 432 g/mol. The van der Waals surface area contributed by atoms with Crippen molar-refractivity contribution in [1.29, 1.82) is 0 Å². The molecule has 0 bridgehead atoms. The maximum Gasteiger partial charge on any atom is 0.248 e. The van der Waals surface area contributed by atoms with Crippen molar-refractivity contribution in [3.63, 3.8) is 0 Å². The van der Waals surface area contributed by atoms with Gasteiger partial charge in [-0.15, -0.1) is 11.3 Å². The first-order valence-corrected chi connectivity index (χ1v) is 11.3. The van der Waals surface area contributed by atoms with Crippen LogP contribution in [0.3, 0.4) is 0 Å². The lowest BCUT2D eigenvalue weighted by Crippen LogP contribution is -2.34. The summed E-state index contributed by atoms with van der Waals surface area (Å²) in [6.45, 7) is 4.91. The number of thiophene rings is 1. The molecule has 1 aromatic carbocycles. The Morgan fingerprint density at radius 1 is 1.27 bits per heavy atom. The van der Waals surface area contributed by atoms with Gasteiger partial charge in [0.25, 0.3) is 0 Å². The van der Waals surface area contributed by atoms with Crippen LogP contribution in [0.2, 0.25) is 0 Å². The number of hydrogen-bond donors (Lipinski definition) is 0. The number of fused-ring (bicyclic) bond motifs is 1. The van der Waals surface area contributed by atoms with Gasteiger partial charge in [-0.3, -0.25) is 4.79 Å². The monoisotopic (exact) mass is 431 g/mol. The van der Waals surface area contributed by atoms with Gasteiger partial charge in [0.05, 0.1) is 12.6 Å². The topological polar surface area (TPSA) is 57.2 Å². The van der Waals surface area contributed by atoms with Crippen LogP contribution in [0, 0.1) is 6.92 Å². The van der Waals surface area contributed by atoms with Crippen LogP contribution in [0.1, 0.15) is 29.7 Å². The number of benzene rings is 1. The lowest BCUT2D eigenvalue weighted by Gasteiger charge is -2.24. The fourth-order valence-electron chi connectivity index (χ4n) is 3.87. The molecule has 7 heteroatoms. The minimum absolute atomic E-state index is 0.0376. The molecule has 1 fully saturated rings. The van der Waals surface area contributed by atoms with Crippen molar-refractivity contribution in [3.05, 3.63) is 34.7 Å². The lowest BCUT2D eigenvalue weighted by molar-refractivity contribution is -0.135. The minimum atomic E-state index is -0.0376. The van der Waals surface area contributed by atoms with Gasteiger partial charge in [-0.25, -0.2) is 0 Å². The van der Waals surface area contributed by atoms with Gasteiger partial charge in [0.1, 0.15) is 19.8 Å². The predicted molar refractivity (Wildman–Crippen MR) is 116 cm³/mol. The van der Waals surface area contributed by atoms with E-state index in [9.17, 15) is 4.79 Å². The van der Waals surface area contributed by atoms with Gasteiger partial charge in [0, 0.05) is 35.6 Å². The van der Waals surface area contributed by atoms with Gasteiger partial charge < -0.3 is 23.8 Å². The molecule has 3 heterocycles. The number of rotatable bonds is 6. The fraction of sp³-hybridized carbons (Fsp3) is 0.522. The second-order valence-corrected chi connectivity index (χ2v) is 9.06. The zero-order valence-electron chi connectivity index (χ0n) is 17.6. The second-order valence-electron chi connectivity index (χ2n) is 7.77. The molecule has 30 heavy (non-hydrogen) atoms. The van der Waals surface area contributed by atoms with Gasteiger partial charge in [-0.2, -0.15) is 0 Å². The second kappa shape index (κ2) is 9.81. The Morgan fingerprint density at radius 3 is 2.90 bits per heavy atom. The Labute approximate surface area is 181 Å². The van der Waals surface area contributed by atoms with Crippen molar-refractivity contribution in [2.75, 3.05) is 40.1 Å². The summed E-state index contributed by atoms with van der Waals surface area (Å²) in [5.41, 5.74) is 2.04. The Bertz CT molecular complexity index is 874. The Kier molecular flexibility index (Phi) is 6.92. The maximum atomic E-state index is 12.4. The number of amides is 1. The molecule has 6 nitrogen and oxygen atoms in total. The van der Waals surface area contributed by atoms with E-state index in [-0.39, 0.29) is 18.6 Å². The number of methoxy groups -OCH3 is 1. The summed E-state index contributed by atoms with van der Waals surface area (Å²) in [4.78, 5) is 16.7. The molecular formula is C23H29NO5S. The molecule has 1 amide bonds. The first kappa shape index (κ1) is 21.2. The first-order valence-electron chi connectivity index (χ1n) is 10.5. The van der Waals surface area contributed by atoms with Crippen molar-refractivity contribution >= 4 is 17.2 Å². The van der Waals surface area contributed by atoms with E-state index in [0.717, 1.165) is 42.1 Å². The van der Waals surface area contributed by atoms with E-state index in [1.807, 2.05) is 0 Å². The van der Waals surface area contributed by atoms with Gasteiger partial charge >= 0.3 is 0 Å². The van der Waals surface area contributed by atoms with Crippen molar-refractivity contribution in [3.8, 4) is 21.9 Å². The third-order valence-corrected chi connectivity index (χ3v) is 6.49. The van der Waals surface area contributed by atoms with E-state index in [2.05, 4.69) is 31.2 Å². The third-order valence-electron chi connectivity index (χ3n) is 5.44. The van der Waals surface area contributed by atoms with Crippen LogP contribution in [0.5, 0.6) is 11.5 Å². The highest BCUT2D eigenvalue weighted by atomic mass is 32.1. The van der Waals surface area contributed by atoms with Crippen molar-refractivity contribution in [2.45, 2.75) is 38.8 Å². The number of carbonyl (C=O) groups is 1. The van der Waals surface area contributed by atoms with Gasteiger partial charge in [0.15, 0.2) is 11.5 Å². The standard InChI is InChI=1S/C23H29NO5S/c1-16-6-7-21(30-16)17-11-18-13-24(22(25)15-26-2)8-10-28-23(18)20(12-17)29-14-19-5-3-4-9-27-19/h6-7,11-12,19H,3-5,8-10,13-15H2,1-2H3. The molecule has 1 unspecified atom stereocenters. The van der Waals surface area contributed by atoms with E-state index < -0.39 is 0 Å². The third kappa shape index (κ3) is 4.96. The molecule has 0 radical (unpaired) electrons. The summed E-state index contributed by atoms with van der Waals surface area (Å²) in [7, 11) is 1.54. The Hall–Kier alpha value is -2.09. The molecule has 4 rings (SSSR count). The smallest absolute Gasteiger partial charge is 0.248 e. The van der Waals surface area contributed by atoms with Crippen molar-refractivity contribution in [1.82, 2.24) is 4.90 Å². The quantitative estimate of drug-likeness (QED) is 0.691. The van der Waals surface area contributed by atoms with E-state index in [1.54, 1.807) is 16.2 Å². The molecule has 1 aromatic heterocycles. The Balaban J connectivity index is 1.64. The lowest BCUT2D eigenvalue weighted by atomic mass is 10.1. The molecule has 0 saturated carbocycles. The molecule has 1 atom stereocenters. The highest BCUT2D eigenvalue weighted by Gasteiger charge is 2.25. The highest BCUT2D eigenvalue weighted by molar-refractivity contribution is 7.15. The predicted octanol–water partition coefficient (Wildman–Crippen LogP) is 4.04. The molecule has 0 N–H and O–H groups in total. The van der Waals surface area contributed by atoms with Crippen LogP contribution in [0.4, 0.5) is 0 Å². The molecule has 162 valence electrons. The van der Waals surface area contributed by atoms with Crippen LogP contribution >= 0.6 is 11.3 Å². The van der Waals surface area contributed by atoms with Crippen LogP contribution in [0.15, 0.2) is 24.3 Å². The minimum Gasteiger partial charge on any atom is -0.487 e. The molecule has 1 saturated heterocycles. The van der Waals surface area contributed by atoms with Crippen LogP contribution in [-0.4, -0.2) is 57.0 Å². The number of ether oxygens (including phenoxy) is 4. The normalized spacial score (nSPS) is 19.0. The molecule has 0 spiro atoms. The van der Waals surface area contributed by atoms with Gasteiger partial charge in [0.2, 0.25) is 5.91 Å². The van der Waals surface area contributed by atoms with Crippen molar-refractivity contribution in [2.24, 2.45) is 0 Å². The summed E-state index contributed by atoms with van der Waals surface area (Å²) in [6, 6.07) is 8.41. The summed E-state index contributed by atoms with van der Waals surface area (Å²) in [5.74, 6) is 1.42. The molecule has 0 aliphatic carbocycles. The molecule has 2 aliphatic heterocycles. The van der Waals surface area contributed by atoms with Gasteiger partial charge in [-0.05, 0) is 56.0 Å². The van der Waals surface area contributed by atoms with Crippen LogP contribution in [-0.2, 0) is 20.8 Å². The zero-order chi connectivity index (χ0) is 20.9. The van der Waals surface area contributed by atoms with E-state index >= 15 is 0 Å². The van der Waals surface area contributed by atoms with E-state index in [0.29, 0.717) is 26.3 Å². The number of carbonyl (C=O) groups excluding carboxylic acids is 1. The first-order chi connectivity index (χ1) is 14.6. The zero-order valence-corrected chi connectivity index (χ0v) is 18.5. The largest absolute Gasteiger partial charge is 0.487 e. The molecular weight excluding hydrogens is 402 g/mol. The summed E-state index contributed by atoms with van der Waals surface area (Å²) >= 11 is 1.75. The summed E-state index contributed by atoms with van der Waals surface area (Å²) in [6.07, 6.45) is 3.43. The molecule has 2 aliphatic rings. The van der Waals surface area contributed by atoms with E-state index in [1.165, 1.54) is 23.3 Å². The SMILES string of the molecule is COCC(=O)N1CCOc2c(cc(-c3ccc(C)s3)cc2OCC2CCCCO2)C1. The van der Waals surface area contributed by atoms with E-state index in [4.69, 9.17) is 18.9 Å². The summed E-state index contributed by atoms with van der Waals surface area (Å²) < 4.78 is 23.2. The van der Waals surface area contributed by atoms with Crippen molar-refractivity contribution < 1.29 is 23.7 Å². The van der Waals surface area contributed by atoms with Gasteiger partial charge in [-0.1, -0.05) is 0 Å².